The topological polar surface area (TPSA) is 69.6 Å². The number of thiophene rings is 1. The summed E-state index contributed by atoms with van der Waals surface area (Å²) in [6.07, 6.45) is 0.722. The smallest absolute Gasteiger partial charge is 0.229 e. The molecule has 2 amide bonds. The van der Waals surface area contributed by atoms with Crippen LogP contribution < -0.4 is 4.90 Å². The number of carbonyl (C=O) groups excluding carboxylic acids is 2. The largest absolute Gasteiger partial charge is 0.353 e. The Morgan fingerprint density at radius 2 is 1.63 bits per heavy atom. The van der Waals surface area contributed by atoms with Gasteiger partial charge in [0.1, 0.15) is 5.82 Å². The SMILES string of the molecule is O=C1CCC(=O)N1CCN1CCN(c2nc(-c3cccs3)nc3ccccc23)CC1. The third-order valence-electron chi connectivity index (χ3n) is 5.79. The molecule has 2 fully saturated rings. The molecule has 0 spiro atoms. The minimum atomic E-state index is -0.0350. The summed E-state index contributed by atoms with van der Waals surface area (Å²) in [5.74, 6) is 1.68. The lowest BCUT2D eigenvalue weighted by Gasteiger charge is -2.36. The first-order chi connectivity index (χ1) is 14.7. The van der Waals surface area contributed by atoms with Crippen molar-refractivity contribution in [3.05, 3.63) is 41.8 Å². The summed E-state index contributed by atoms with van der Waals surface area (Å²) in [6.45, 7) is 4.69. The average Bonchev–Trinajstić information content (AvgIpc) is 3.42. The maximum Gasteiger partial charge on any atom is 0.229 e. The van der Waals surface area contributed by atoms with E-state index in [1.807, 2.05) is 29.6 Å². The van der Waals surface area contributed by atoms with E-state index in [4.69, 9.17) is 9.97 Å². The molecule has 0 N–H and O–H groups in total. The van der Waals surface area contributed by atoms with E-state index in [9.17, 15) is 9.59 Å². The van der Waals surface area contributed by atoms with E-state index in [1.165, 1.54) is 4.90 Å². The van der Waals surface area contributed by atoms with E-state index in [2.05, 4.69) is 21.9 Å². The minimum Gasteiger partial charge on any atom is -0.353 e. The van der Waals surface area contributed by atoms with E-state index in [0.717, 1.165) is 60.1 Å². The van der Waals surface area contributed by atoms with Crippen LogP contribution in [0.2, 0.25) is 0 Å². The van der Waals surface area contributed by atoms with Gasteiger partial charge < -0.3 is 4.90 Å². The quantitative estimate of drug-likeness (QED) is 0.590. The molecule has 0 aliphatic carbocycles. The van der Waals surface area contributed by atoms with Crippen LogP contribution in [0.5, 0.6) is 0 Å². The molecule has 154 valence electrons. The predicted molar refractivity (Wildman–Crippen MR) is 117 cm³/mol. The monoisotopic (exact) mass is 421 g/mol. The number of benzene rings is 1. The van der Waals surface area contributed by atoms with Crippen molar-refractivity contribution >= 4 is 39.9 Å². The number of piperazine rings is 1. The number of anilines is 1. The van der Waals surface area contributed by atoms with Gasteiger partial charge in [-0.3, -0.25) is 19.4 Å². The third kappa shape index (κ3) is 3.68. The predicted octanol–water partition coefficient (Wildman–Crippen LogP) is 2.63. The Morgan fingerprint density at radius 3 is 2.37 bits per heavy atom. The Balaban J connectivity index is 1.31. The molecule has 0 bridgehead atoms. The number of hydrogen-bond donors (Lipinski definition) is 0. The Kier molecular flexibility index (Phi) is 5.18. The number of nitrogens with zero attached hydrogens (tertiary/aromatic N) is 5. The third-order valence-corrected chi connectivity index (χ3v) is 6.66. The van der Waals surface area contributed by atoms with Crippen molar-refractivity contribution in [1.29, 1.82) is 0 Å². The lowest BCUT2D eigenvalue weighted by molar-refractivity contribution is -0.138. The molecular formula is C22H23N5O2S. The van der Waals surface area contributed by atoms with E-state index in [-0.39, 0.29) is 11.8 Å². The Bertz CT molecular complexity index is 1060. The van der Waals surface area contributed by atoms with Gasteiger partial charge in [0.05, 0.1) is 10.4 Å². The molecule has 2 saturated heterocycles. The number of hydrogen-bond acceptors (Lipinski definition) is 7. The summed E-state index contributed by atoms with van der Waals surface area (Å²) in [5, 5.41) is 3.11. The summed E-state index contributed by atoms with van der Waals surface area (Å²) >= 11 is 1.65. The number of aromatic nitrogens is 2. The van der Waals surface area contributed by atoms with Crippen molar-refractivity contribution < 1.29 is 9.59 Å². The van der Waals surface area contributed by atoms with Crippen molar-refractivity contribution in [3.8, 4) is 10.7 Å². The molecule has 30 heavy (non-hydrogen) atoms. The van der Waals surface area contributed by atoms with Gasteiger partial charge in [-0.25, -0.2) is 9.97 Å². The van der Waals surface area contributed by atoms with E-state index < -0.39 is 0 Å². The highest BCUT2D eigenvalue weighted by molar-refractivity contribution is 7.13. The van der Waals surface area contributed by atoms with Crippen LogP contribution in [0.15, 0.2) is 41.8 Å². The zero-order chi connectivity index (χ0) is 20.5. The molecule has 0 radical (unpaired) electrons. The lowest BCUT2D eigenvalue weighted by atomic mass is 10.2. The van der Waals surface area contributed by atoms with E-state index >= 15 is 0 Å². The number of para-hydroxylation sites is 1. The number of likely N-dealkylation sites (tertiary alicyclic amines) is 1. The Hall–Kier alpha value is -2.84. The molecule has 2 aliphatic rings. The van der Waals surface area contributed by atoms with Crippen LogP contribution in [-0.4, -0.2) is 70.9 Å². The van der Waals surface area contributed by atoms with Gasteiger partial charge >= 0.3 is 0 Å². The second-order valence-corrected chi connectivity index (χ2v) is 8.58. The van der Waals surface area contributed by atoms with Gasteiger partial charge in [0, 0.05) is 57.5 Å². The van der Waals surface area contributed by atoms with Crippen LogP contribution >= 0.6 is 11.3 Å². The summed E-state index contributed by atoms with van der Waals surface area (Å²) in [4.78, 5) is 40.5. The van der Waals surface area contributed by atoms with Crippen LogP contribution in [-0.2, 0) is 9.59 Å². The molecule has 5 rings (SSSR count). The van der Waals surface area contributed by atoms with Gasteiger partial charge in [-0.2, -0.15) is 0 Å². The fourth-order valence-corrected chi connectivity index (χ4v) is 4.77. The zero-order valence-electron chi connectivity index (χ0n) is 16.7. The van der Waals surface area contributed by atoms with E-state index in [1.54, 1.807) is 11.3 Å². The molecule has 7 nitrogen and oxygen atoms in total. The summed E-state index contributed by atoms with van der Waals surface area (Å²) in [5.41, 5.74) is 0.958. The van der Waals surface area contributed by atoms with Gasteiger partial charge in [0.2, 0.25) is 11.8 Å². The number of carbonyl (C=O) groups is 2. The first-order valence-corrected chi connectivity index (χ1v) is 11.2. The van der Waals surface area contributed by atoms with Crippen molar-refractivity contribution in [2.24, 2.45) is 0 Å². The molecule has 2 aliphatic heterocycles. The zero-order valence-corrected chi connectivity index (χ0v) is 17.5. The van der Waals surface area contributed by atoms with Gasteiger partial charge in [0.25, 0.3) is 0 Å². The van der Waals surface area contributed by atoms with Gasteiger partial charge in [0.15, 0.2) is 5.82 Å². The molecule has 8 heteroatoms. The first kappa shape index (κ1) is 19.1. The van der Waals surface area contributed by atoms with Crippen molar-refractivity contribution in [2.45, 2.75) is 12.8 Å². The number of fused-ring (bicyclic) bond motifs is 1. The number of rotatable bonds is 5. The van der Waals surface area contributed by atoms with Gasteiger partial charge in [-0.05, 0) is 23.6 Å². The molecule has 2 aromatic heterocycles. The van der Waals surface area contributed by atoms with Crippen LogP contribution in [0.3, 0.4) is 0 Å². The van der Waals surface area contributed by atoms with Crippen LogP contribution in [0.25, 0.3) is 21.6 Å². The lowest BCUT2D eigenvalue weighted by Crippen LogP contribution is -2.49. The molecule has 4 heterocycles. The number of imide groups is 1. The standard InChI is InChI=1S/C22H23N5O2S/c28-19-7-8-20(29)27(19)14-11-25-9-12-26(13-10-25)22-16-4-1-2-5-17(16)23-21(24-22)18-6-3-15-30-18/h1-6,15H,7-14H2. The average molecular weight is 422 g/mol. The summed E-state index contributed by atoms with van der Waals surface area (Å²) < 4.78 is 0. The molecule has 0 unspecified atom stereocenters. The van der Waals surface area contributed by atoms with Gasteiger partial charge in [-0.15, -0.1) is 11.3 Å². The highest BCUT2D eigenvalue weighted by Crippen LogP contribution is 2.30. The highest BCUT2D eigenvalue weighted by atomic mass is 32.1. The second-order valence-electron chi connectivity index (χ2n) is 7.63. The molecule has 0 atom stereocenters. The molecule has 0 saturated carbocycles. The van der Waals surface area contributed by atoms with Gasteiger partial charge in [-0.1, -0.05) is 18.2 Å². The highest BCUT2D eigenvalue weighted by Gasteiger charge is 2.29. The van der Waals surface area contributed by atoms with E-state index in [0.29, 0.717) is 19.4 Å². The Morgan fingerprint density at radius 1 is 0.867 bits per heavy atom. The normalized spacial score (nSPS) is 18.0. The molecular weight excluding hydrogens is 398 g/mol. The maximum absolute atomic E-state index is 11.8. The van der Waals surface area contributed by atoms with Crippen LogP contribution in [0.4, 0.5) is 5.82 Å². The molecule has 3 aromatic rings. The fourth-order valence-electron chi connectivity index (χ4n) is 4.11. The van der Waals surface area contributed by atoms with Crippen molar-refractivity contribution in [1.82, 2.24) is 19.8 Å². The maximum atomic E-state index is 11.8. The van der Waals surface area contributed by atoms with Crippen LogP contribution in [0, 0.1) is 0 Å². The molecule has 1 aromatic carbocycles. The summed E-state index contributed by atoms with van der Waals surface area (Å²) in [7, 11) is 0. The van der Waals surface area contributed by atoms with Crippen molar-refractivity contribution in [3.63, 3.8) is 0 Å². The first-order valence-electron chi connectivity index (χ1n) is 10.3. The minimum absolute atomic E-state index is 0.0350. The fraction of sp³-hybridized carbons (Fsp3) is 0.364. The van der Waals surface area contributed by atoms with Crippen molar-refractivity contribution in [2.75, 3.05) is 44.2 Å². The number of amides is 2. The second kappa shape index (κ2) is 8.12. The Labute approximate surface area is 178 Å². The summed E-state index contributed by atoms with van der Waals surface area (Å²) in [6, 6.07) is 12.2. The van der Waals surface area contributed by atoms with Crippen LogP contribution in [0.1, 0.15) is 12.8 Å².